The Kier molecular flexibility index (Phi) is 3.98. The van der Waals surface area contributed by atoms with Crippen LogP contribution in [0, 0.1) is 0 Å². The third-order valence-electron chi connectivity index (χ3n) is 3.60. The number of halogens is 1. The van der Waals surface area contributed by atoms with Crippen LogP contribution in [0.3, 0.4) is 0 Å². The first-order chi connectivity index (χ1) is 9.86. The number of nitrogens with zero attached hydrogens (tertiary/aromatic N) is 1. The zero-order valence-corrected chi connectivity index (χ0v) is 11.9. The van der Waals surface area contributed by atoms with E-state index in [0.717, 1.165) is 17.5 Å². The van der Waals surface area contributed by atoms with E-state index in [4.69, 9.17) is 11.6 Å². The van der Waals surface area contributed by atoms with Crippen molar-refractivity contribution in [2.45, 2.75) is 18.2 Å². The maximum absolute atomic E-state index is 5.86. The summed E-state index contributed by atoms with van der Waals surface area (Å²) in [5.74, 6) is 0.999. The number of pyridine rings is 1. The van der Waals surface area contributed by atoms with Crippen LogP contribution in [0.4, 0.5) is 0 Å². The molecule has 1 atom stereocenters. The third kappa shape index (κ3) is 2.83. The lowest BCUT2D eigenvalue weighted by atomic mass is 9.91. The molecule has 100 valence electrons. The van der Waals surface area contributed by atoms with E-state index in [1.807, 2.05) is 12.4 Å². The second kappa shape index (κ2) is 6.06. The number of allylic oxidation sites excluding steroid dienone is 4. The summed E-state index contributed by atoms with van der Waals surface area (Å²) in [7, 11) is 0. The van der Waals surface area contributed by atoms with E-state index < -0.39 is 0 Å². The van der Waals surface area contributed by atoms with E-state index in [9.17, 15) is 0 Å². The van der Waals surface area contributed by atoms with Gasteiger partial charge in [-0.15, -0.1) is 11.6 Å². The van der Waals surface area contributed by atoms with E-state index >= 15 is 0 Å². The zero-order chi connectivity index (χ0) is 13.8. The number of hydrogen-bond donors (Lipinski definition) is 0. The molecule has 1 nitrogen and oxygen atoms in total. The average molecular weight is 282 g/mol. The van der Waals surface area contributed by atoms with E-state index in [1.165, 1.54) is 11.1 Å². The van der Waals surface area contributed by atoms with Crippen molar-refractivity contribution in [3.05, 3.63) is 78.2 Å². The molecule has 0 saturated carbocycles. The lowest BCUT2D eigenvalue weighted by molar-refractivity contribution is 0.854. The number of rotatable bonds is 3. The van der Waals surface area contributed by atoms with Gasteiger partial charge in [0, 0.05) is 29.8 Å². The first-order valence-corrected chi connectivity index (χ1v) is 7.34. The predicted molar refractivity (Wildman–Crippen MR) is 84.9 cm³/mol. The Morgan fingerprint density at radius 2 is 1.90 bits per heavy atom. The molecule has 0 aliphatic heterocycles. The summed E-state index contributed by atoms with van der Waals surface area (Å²) in [6.07, 6.45) is 13.5. The highest BCUT2D eigenvalue weighted by Gasteiger charge is 2.08. The highest BCUT2D eigenvalue weighted by Crippen LogP contribution is 2.27. The van der Waals surface area contributed by atoms with E-state index in [0.29, 0.717) is 11.8 Å². The van der Waals surface area contributed by atoms with Gasteiger partial charge in [0.15, 0.2) is 0 Å². The fourth-order valence-corrected chi connectivity index (χ4v) is 2.62. The summed E-state index contributed by atoms with van der Waals surface area (Å²) in [6.45, 7) is 0. The van der Waals surface area contributed by atoms with Crippen molar-refractivity contribution in [2.75, 3.05) is 0 Å². The molecule has 2 heteroatoms. The van der Waals surface area contributed by atoms with Crippen LogP contribution in [-0.4, -0.2) is 4.98 Å². The maximum atomic E-state index is 5.86. The second-order valence-corrected chi connectivity index (χ2v) is 5.26. The number of alkyl halides is 1. The third-order valence-corrected chi connectivity index (χ3v) is 3.91. The minimum atomic E-state index is 0.498. The molecular formula is C18H16ClN. The van der Waals surface area contributed by atoms with Crippen molar-refractivity contribution in [3.63, 3.8) is 0 Å². The molecule has 0 amide bonds. The summed E-state index contributed by atoms with van der Waals surface area (Å²) < 4.78 is 0. The highest BCUT2D eigenvalue weighted by atomic mass is 35.5. The quantitative estimate of drug-likeness (QED) is 0.714. The molecule has 3 rings (SSSR count). The lowest BCUT2D eigenvalue weighted by Gasteiger charge is -2.14. The Morgan fingerprint density at radius 3 is 2.60 bits per heavy atom. The fraction of sp³-hybridized carbons (Fsp3) is 0.167. The van der Waals surface area contributed by atoms with E-state index in [2.05, 4.69) is 59.6 Å². The summed E-state index contributed by atoms with van der Waals surface area (Å²) in [6, 6.07) is 10.8. The first kappa shape index (κ1) is 13.1. The van der Waals surface area contributed by atoms with Gasteiger partial charge in [-0.05, 0) is 29.2 Å². The Morgan fingerprint density at radius 1 is 1.05 bits per heavy atom. The predicted octanol–water partition coefficient (Wildman–Crippen LogP) is 5.09. The van der Waals surface area contributed by atoms with Gasteiger partial charge in [0.1, 0.15) is 0 Å². The average Bonchev–Trinajstić information content (AvgIpc) is 2.56. The molecule has 1 aromatic heterocycles. The van der Waals surface area contributed by atoms with Gasteiger partial charge in [0.2, 0.25) is 0 Å². The summed E-state index contributed by atoms with van der Waals surface area (Å²) in [5, 5.41) is 0. The standard InChI is InChI=1S/C18H16ClN/c19-11-14-10-18(13-20-12-14)17-8-6-16(7-9-17)15-4-2-1-3-5-15/h1-4,6-10,12-13,15H,5,11H2. The van der Waals surface area contributed by atoms with Crippen molar-refractivity contribution < 1.29 is 0 Å². The Bertz CT molecular complexity index is 641. The van der Waals surface area contributed by atoms with Crippen LogP contribution in [0.1, 0.15) is 23.5 Å². The number of aromatic nitrogens is 1. The molecule has 1 aromatic carbocycles. The number of benzene rings is 1. The highest BCUT2D eigenvalue weighted by molar-refractivity contribution is 6.17. The van der Waals surface area contributed by atoms with E-state index in [-0.39, 0.29) is 0 Å². The van der Waals surface area contributed by atoms with Gasteiger partial charge in [-0.2, -0.15) is 0 Å². The van der Waals surface area contributed by atoms with Crippen LogP contribution >= 0.6 is 11.6 Å². The monoisotopic (exact) mass is 281 g/mol. The Balaban J connectivity index is 1.85. The van der Waals surface area contributed by atoms with Gasteiger partial charge in [-0.3, -0.25) is 4.98 Å². The molecule has 1 aliphatic carbocycles. The van der Waals surface area contributed by atoms with Crippen LogP contribution < -0.4 is 0 Å². The molecule has 2 aromatic rings. The van der Waals surface area contributed by atoms with E-state index in [1.54, 1.807) is 0 Å². The number of hydrogen-bond acceptors (Lipinski definition) is 1. The minimum Gasteiger partial charge on any atom is -0.264 e. The molecule has 0 spiro atoms. The van der Waals surface area contributed by atoms with Crippen molar-refractivity contribution in [1.29, 1.82) is 0 Å². The van der Waals surface area contributed by atoms with Gasteiger partial charge in [-0.25, -0.2) is 0 Å². The molecule has 0 saturated heterocycles. The second-order valence-electron chi connectivity index (χ2n) is 4.99. The summed E-state index contributed by atoms with van der Waals surface area (Å²) >= 11 is 5.86. The van der Waals surface area contributed by atoms with Crippen molar-refractivity contribution in [3.8, 4) is 11.1 Å². The first-order valence-electron chi connectivity index (χ1n) is 6.80. The molecule has 0 N–H and O–H groups in total. The topological polar surface area (TPSA) is 12.9 Å². The summed E-state index contributed by atoms with van der Waals surface area (Å²) in [5.41, 5.74) is 4.71. The normalized spacial score (nSPS) is 17.4. The van der Waals surface area contributed by atoms with Gasteiger partial charge in [-0.1, -0.05) is 48.6 Å². The fourth-order valence-electron chi connectivity index (χ4n) is 2.47. The maximum Gasteiger partial charge on any atom is 0.0489 e. The van der Waals surface area contributed by atoms with Crippen LogP contribution in [0.25, 0.3) is 11.1 Å². The largest absolute Gasteiger partial charge is 0.264 e. The van der Waals surface area contributed by atoms with Crippen LogP contribution in [-0.2, 0) is 5.88 Å². The zero-order valence-electron chi connectivity index (χ0n) is 11.2. The van der Waals surface area contributed by atoms with Gasteiger partial charge in [0.05, 0.1) is 0 Å². The Hall–Kier alpha value is -1.86. The van der Waals surface area contributed by atoms with Crippen molar-refractivity contribution in [1.82, 2.24) is 4.98 Å². The van der Waals surface area contributed by atoms with Crippen LogP contribution in [0.15, 0.2) is 67.0 Å². The van der Waals surface area contributed by atoms with Gasteiger partial charge in [0.25, 0.3) is 0 Å². The molecule has 1 heterocycles. The molecule has 1 aliphatic rings. The minimum absolute atomic E-state index is 0.498. The Labute approximate surface area is 124 Å². The van der Waals surface area contributed by atoms with Crippen molar-refractivity contribution in [2.24, 2.45) is 0 Å². The lowest BCUT2D eigenvalue weighted by Crippen LogP contribution is -1.96. The van der Waals surface area contributed by atoms with Gasteiger partial charge < -0.3 is 0 Å². The van der Waals surface area contributed by atoms with Crippen LogP contribution in [0.5, 0.6) is 0 Å². The van der Waals surface area contributed by atoms with Crippen molar-refractivity contribution >= 4 is 11.6 Å². The molecule has 0 radical (unpaired) electrons. The molecule has 0 bridgehead atoms. The SMILES string of the molecule is ClCc1cncc(-c2ccc(C3C=CC=CC3)cc2)c1. The molecular weight excluding hydrogens is 266 g/mol. The molecule has 0 fully saturated rings. The van der Waals surface area contributed by atoms with Crippen LogP contribution in [0.2, 0.25) is 0 Å². The summed E-state index contributed by atoms with van der Waals surface area (Å²) in [4.78, 5) is 4.24. The smallest absolute Gasteiger partial charge is 0.0489 e. The molecule has 1 unspecified atom stereocenters. The van der Waals surface area contributed by atoms with Gasteiger partial charge >= 0.3 is 0 Å². The molecule has 20 heavy (non-hydrogen) atoms.